The summed E-state index contributed by atoms with van der Waals surface area (Å²) in [5.41, 5.74) is 6.40. The van der Waals surface area contributed by atoms with Crippen molar-refractivity contribution in [3.63, 3.8) is 0 Å². The average Bonchev–Trinajstić information content (AvgIpc) is 2.67. The van der Waals surface area contributed by atoms with Gasteiger partial charge in [-0.25, -0.2) is 4.39 Å². The van der Waals surface area contributed by atoms with E-state index in [1.54, 1.807) is 18.2 Å². The highest BCUT2D eigenvalue weighted by atomic mass is 35.5. The molecule has 0 aromatic heterocycles. The molecule has 1 aliphatic rings. The van der Waals surface area contributed by atoms with Crippen molar-refractivity contribution < 1.29 is 4.39 Å². The minimum absolute atomic E-state index is 0.151. The Morgan fingerprint density at radius 2 is 1.80 bits per heavy atom. The normalized spacial score (nSPS) is 16.5. The average molecular weight is 289 g/mol. The van der Waals surface area contributed by atoms with Crippen molar-refractivity contribution in [1.82, 2.24) is 0 Å². The summed E-state index contributed by atoms with van der Waals surface area (Å²) >= 11 is 6.05. The standard InChI is InChI=1S/C16H14ClFN2/c17-16(20-12-7-3-1-2-4-8-12)11-15(19)13-9-5-6-10-14(13)18/h1-12H,19H2/b15-11-,20-16?. The minimum atomic E-state index is -0.385. The van der Waals surface area contributed by atoms with Crippen molar-refractivity contribution in [3.05, 3.63) is 78.2 Å². The van der Waals surface area contributed by atoms with Gasteiger partial charge in [-0.1, -0.05) is 60.2 Å². The van der Waals surface area contributed by atoms with Gasteiger partial charge in [0.25, 0.3) is 0 Å². The van der Waals surface area contributed by atoms with Crippen LogP contribution < -0.4 is 5.73 Å². The Kier molecular flexibility index (Phi) is 4.91. The highest BCUT2D eigenvalue weighted by Gasteiger charge is 2.05. The predicted molar refractivity (Wildman–Crippen MR) is 83.1 cm³/mol. The summed E-state index contributed by atoms with van der Waals surface area (Å²) in [6.07, 6.45) is 12.8. The van der Waals surface area contributed by atoms with E-state index < -0.39 is 0 Å². The quantitative estimate of drug-likeness (QED) is 0.844. The number of benzene rings is 1. The molecule has 1 aromatic rings. The molecule has 2 nitrogen and oxygen atoms in total. The van der Waals surface area contributed by atoms with E-state index in [2.05, 4.69) is 4.99 Å². The Labute approximate surface area is 122 Å². The van der Waals surface area contributed by atoms with Crippen LogP contribution in [0.1, 0.15) is 5.56 Å². The summed E-state index contributed by atoms with van der Waals surface area (Å²) in [6.45, 7) is 0. The topological polar surface area (TPSA) is 38.4 Å². The van der Waals surface area contributed by atoms with E-state index in [0.29, 0.717) is 5.56 Å². The molecule has 0 radical (unpaired) electrons. The Morgan fingerprint density at radius 1 is 1.15 bits per heavy atom. The van der Waals surface area contributed by atoms with E-state index in [0.717, 1.165) is 0 Å². The van der Waals surface area contributed by atoms with Crippen LogP contribution in [0.15, 0.2) is 71.8 Å². The summed E-state index contributed by atoms with van der Waals surface area (Å²) in [7, 11) is 0. The predicted octanol–water partition coefficient (Wildman–Crippen LogP) is 3.81. The molecule has 0 atom stereocenters. The molecule has 2 rings (SSSR count). The SMILES string of the molecule is N/C(=C\C(Cl)=NC1C=CC=CC=C1)c1ccccc1F. The molecule has 0 heterocycles. The van der Waals surface area contributed by atoms with Gasteiger partial charge in [-0.15, -0.1) is 0 Å². The van der Waals surface area contributed by atoms with Crippen LogP contribution in [0, 0.1) is 5.82 Å². The third-order valence-electron chi connectivity index (χ3n) is 2.68. The highest BCUT2D eigenvalue weighted by molar-refractivity contribution is 6.68. The number of nitrogens with zero attached hydrogens (tertiary/aromatic N) is 1. The fourth-order valence-electron chi connectivity index (χ4n) is 1.72. The third-order valence-corrected chi connectivity index (χ3v) is 2.89. The molecule has 0 bridgehead atoms. The monoisotopic (exact) mass is 288 g/mol. The molecule has 0 saturated carbocycles. The van der Waals surface area contributed by atoms with Crippen LogP contribution >= 0.6 is 11.6 Å². The van der Waals surface area contributed by atoms with Crippen LogP contribution in [0.3, 0.4) is 0 Å². The van der Waals surface area contributed by atoms with Crippen LogP contribution in [0.25, 0.3) is 5.70 Å². The maximum Gasteiger partial charge on any atom is 0.132 e. The molecule has 1 aromatic carbocycles. The first-order chi connectivity index (χ1) is 9.66. The van der Waals surface area contributed by atoms with Crippen LogP contribution in [-0.4, -0.2) is 11.2 Å². The molecule has 1 aliphatic carbocycles. The van der Waals surface area contributed by atoms with Gasteiger partial charge in [0.15, 0.2) is 0 Å². The highest BCUT2D eigenvalue weighted by Crippen LogP contribution is 2.14. The van der Waals surface area contributed by atoms with Gasteiger partial charge in [-0.3, -0.25) is 4.99 Å². The van der Waals surface area contributed by atoms with Gasteiger partial charge in [0, 0.05) is 11.3 Å². The maximum absolute atomic E-state index is 13.6. The first-order valence-corrected chi connectivity index (χ1v) is 6.51. The third kappa shape index (κ3) is 3.93. The van der Waals surface area contributed by atoms with Crippen LogP contribution in [0.2, 0.25) is 0 Å². The van der Waals surface area contributed by atoms with Gasteiger partial charge in [0.05, 0.1) is 6.04 Å². The molecular formula is C16H14ClFN2. The van der Waals surface area contributed by atoms with E-state index in [4.69, 9.17) is 17.3 Å². The molecule has 2 N–H and O–H groups in total. The molecule has 102 valence electrons. The molecule has 0 amide bonds. The largest absolute Gasteiger partial charge is 0.398 e. The molecule has 0 saturated heterocycles. The van der Waals surface area contributed by atoms with E-state index >= 15 is 0 Å². The van der Waals surface area contributed by atoms with Crippen LogP contribution in [0.5, 0.6) is 0 Å². The number of allylic oxidation sites excluding steroid dienone is 5. The number of halogens is 2. The zero-order chi connectivity index (χ0) is 14.4. The lowest BCUT2D eigenvalue weighted by Gasteiger charge is -2.04. The zero-order valence-corrected chi connectivity index (χ0v) is 11.5. The number of aliphatic imine (C=N–C) groups is 1. The van der Waals surface area contributed by atoms with Crippen molar-refractivity contribution in [2.75, 3.05) is 0 Å². The van der Waals surface area contributed by atoms with Gasteiger partial charge in [-0.05, 0) is 18.2 Å². The van der Waals surface area contributed by atoms with Gasteiger partial charge in [0.1, 0.15) is 11.0 Å². The summed E-state index contributed by atoms with van der Waals surface area (Å²) in [6, 6.07) is 6.12. The Morgan fingerprint density at radius 3 is 2.45 bits per heavy atom. The molecular weight excluding hydrogens is 275 g/mol. The number of hydrogen-bond acceptors (Lipinski definition) is 2. The number of rotatable bonds is 3. The molecule has 20 heavy (non-hydrogen) atoms. The van der Waals surface area contributed by atoms with Crippen molar-refractivity contribution in [2.45, 2.75) is 6.04 Å². The van der Waals surface area contributed by atoms with E-state index in [-0.39, 0.29) is 22.7 Å². The van der Waals surface area contributed by atoms with Crippen molar-refractivity contribution in [3.8, 4) is 0 Å². The fraction of sp³-hybridized carbons (Fsp3) is 0.0625. The van der Waals surface area contributed by atoms with E-state index in [9.17, 15) is 4.39 Å². The molecule has 0 spiro atoms. The van der Waals surface area contributed by atoms with Gasteiger partial charge in [0.2, 0.25) is 0 Å². The second-order valence-corrected chi connectivity index (χ2v) is 4.56. The Hall–Kier alpha value is -2.13. The maximum atomic E-state index is 13.6. The van der Waals surface area contributed by atoms with Gasteiger partial charge < -0.3 is 5.73 Å². The van der Waals surface area contributed by atoms with Crippen molar-refractivity contribution >= 4 is 22.5 Å². The second kappa shape index (κ2) is 6.87. The minimum Gasteiger partial charge on any atom is -0.398 e. The summed E-state index contributed by atoms with van der Waals surface area (Å²) in [5.74, 6) is -0.385. The van der Waals surface area contributed by atoms with E-state index in [1.807, 2.05) is 36.5 Å². The van der Waals surface area contributed by atoms with E-state index in [1.165, 1.54) is 12.1 Å². The Balaban J connectivity index is 2.19. The summed E-state index contributed by atoms with van der Waals surface area (Å²) in [4.78, 5) is 4.28. The molecule has 4 heteroatoms. The lowest BCUT2D eigenvalue weighted by atomic mass is 10.1. The van der Waals surface area contributed by atoms with Gasteiger partial charge in [-0.2, -0.15) is 0 Å². The van der Waals surface area contributed by atoms with Gasteiger partial charge >= 0.3 is 0 Å². The number of nitrogens with two attached hydrogens (primary N) is 1. The zero-order valence-electron chi connectivity index (χ0n) is 10.7. The Bertz CT molecular complexity index is 611. The molecule has 0 aliphatic heterocycles. The van der Waals surface area contributed by atoms with Crippen LogP contribution in [0.4, 0.5) is 4.39 Å². The van der Waals surface area contributed by atoms with Crippen molar-refractivity contribution in [2.24, 2.45) is 10.7 Å². The first-order valence-electron chi connectivity index (χ1n) is 6.14. The second-order valence-electron chi connectivity index (χ2n) is 4.18. The smallest absolute Gasteiger partial charge is 0.132 e. The first kappa shape index (κ1) is 14.3. The molecule has 0 fully saturated rings. The van der Waals surface area contributed by atoms with Crippen molar-refractivity contribution in [1.29, 1.82) is 0 Å². The number of hydrogen-bond donors (Lipinski definition) is 1. The molecule has 0 unspecified atom stereocenters. The summed E-state index contributed by atoms with van der Waals surface area (Å²) < 4.78 is 13.6. The van der Waals surface area contributed by atoms with Crippen LogP contribution in [-0.2, 0) is 0 Å². The summed E-state index contributed by atoms with van der Waals surface area (Å²) in [5, 5.41) is 0.229. The lowest BCUT2D eigenvalue weighted by Crippen LogP contribution is -2.03. The lowest BCUT2D eigenvalue weighted by molar-refractivity contribution is 0.624. The fourth-order valence-corrected chi connectivity index (χ4v) is 1.95.